The average Bonchev–Trinajstić information content (AvgIpc) is 2.79. The van der Waals surface area contributed by atoms with Crippen molar-refractivity contribution in [1.82, 2.24) is 4.98 Å². The molecule has 0 aliphatic carbocycles. The van der Waals surface area contributed by atoms with Crippen molar-refractivity contribution in [1.29, 1.82) is 0 Å². The molecule has 0 bridgehead atoms. The summed E-state index contributed by atoms with van der Waals surface area (Å²) in [5.74, 6) is 0.394. The van der Waals surface area contributed by atoms with Gasteiger partial charge < -0.3 is 10.6 Å². The van der Waals surface area contributed by atoms with Crippen LogP contribution in [0.15, 0.2) is 34.9 Å². The number of carbonyl (C=O) groups is 1. The van der Waals surface area contributed by atoms with Crippen LogP contribution in [0, 0.1) is 5.92 Å². The van der Waals surface area contributed by atoms with Crippen molar-refractivity contribution in [3.63, 3.8) is 0 Å². The van der Waals surface area contributed by atoms with Gasteiger partial charge in [-0.15, -0.1) is 0 Å². The number of nitrogens with zero attached hydrogens (tertiary/aromatic N) is 2. The first-order chi connectivity index (χ1) is 9.19. The molecule has 3 rings (SSSR count). The highest BCUT2D eigenvalue weighted by Crippen LogP contribution is 2.31. The maximum absolute atomic E-state index is 12.1. The number of fused-ring (bicyclic) bond motifs is 1. The van der Waals surface area contributed by atoms with E-state index in [1.54, 1.807) is 6.20 Å². The minimum Gasteiger partial charge on any atom is -0.330 e. The van der Waals surface area contributed by atoms with Crippen LogP contribution >= 0.6 is 15.9 Å². The third kappa shape index (κ3) is 2.24. The number of rotatable bonds is 2. The fourth-order valence-electron chi connectivity index (χ4n) is 2.51. The zero-order valence-corrected chi connectivity index (χ0v) is 11.9. The number of halogens is 1. The van der Waals surface area contributed by atoms with E-state index < -0.39 is 0 Å². The Bertz CT molecular complexity index is 644. The van der Waals surface area contributed by atoms with Crippen molar-refractivity contribution >= 4 is 38.4 Å². The molecular formula is C14H14BrN3O. The van der Waals surface area contributed by atoms with Gasteiger partial charge in [-0.1, -0.05) is 15.9 Å². The lowest BCUT2D eigenvalue weighted by Gasteiger charge is -2.18. The quantitative estimate of drug-likeness (QED) is 0.924. The van der Waals surface area contributed by atoms with Crippen LogP contribution in [0.1, 0.15) is 6.42 Å². The Morgan fingerprint density at radius 1 is 1.42 bits per heavy atom. The van der Waals surface area contributed by atoms with Crippen molar-refractivity contribution < 1.29 is 4.79 Å². The van der Waals surface area contributed by atoms with Crippen LogP contribution in [0.3, 0.4) is 0 Å². The summed E-state index contributed by atoms with van der Waals surface area (Å²) in [6.07, 6.45) is 2.28. The topological polar surface area (TPSA) is 59.2 Å². The lowest BCUT2D eigenvalue weighted by Crippen LogP contribution is -2.26. The molecule has 1 saturated heterocycles. The van der Waals surface area contributed by atoms with Gasteiger partial charge in [0, 0.05) is 29.0 Å². The molecule has 1 amide bonds. The predicted molar refractivity (Wildman–Crippen MR) is 79.0 cm³/mol. The van der Waals surface area contributed by atoms with Crippen molar-refractivity contribution in [2.24, 2.45) is 11.7 Å². The third-order valence-electron chi connectivity index (χ3n) is 3.51. The summed E-state index contributed by atoms with van der Waals surface area (Å²) in [5.41, 5.74) is 7.49. The first kappa shape index (κ1) is 12.6. The van der Waals surface area contributed by atoms with E-state index in [4.69, 9.17) is 5.73 Å². The molecular weight excluding hydrogens is 306 g/mol. The van der Waals surface area contributed by atoms with Crippen molar-refractivity contribution in [2.45, 2.75) is 6.42 Å². The van der Waals surface area contributed by atoms with Crippen LogP contribution < -0.4 is 10.6 Å². The molecule has 0 saturated carbocycles. The monoisotopic (exact) mass is 319 g/mol. The number of pyridine rings is 1. The van der Waals surface area contributed by atoms with E-state index in [-0.39, 0.29) is 11.8 Å². The SMILES string of the molecule is NCC1CC(=O)N(c2ccnc3ccc(Br)cc23)C1. The molecule has 2 aromatic rings. The molecule has 1 fully saturated rings. The highest BCUT2D eigenvalue weighted by Gasteiger charge is 2.30. The van der Waals surface area contributed by atoms with Crippen molar-refractivity contribution in [3.8, 4) is 0 Å². The first-order valence-corrected chi connectivity index (χ1v) is 7.03. The first-order valence-electron chi connectivity index (χ1n) is 6.23. The van der Waals surface area contributed by atoms with Gasteiger partial charge in [0.15, 0.2) is 0 Å². The highest BCUT2D eigenvalue weighted by atomic mass is 79.9. The number of benzene rings is 1. The lowest BCUT2D eigenvalue weighted by molar-refractivity contribution is -0.117. The van der Waals surface area contributed by atoms with Crippen molar-refractivity contribution in [2.75, 3.05) is 18.0 Å². The largest absolute Gasteiger partial charge is 0.330 e. The minimum absolute atomic E-state index is 0.142. The second-order valence-electron chi connectivity index (χ2n) is 4.80. The second kappa shape index (κ2) is 4.90. The summed E-state index contributed by atoms with van der Waals surface area (Å²) in [5, 5.41) is 0.989. The average molecular weight is 320 g/mol. The van der Waals surface area contributed by atoms with Gasteiger partial charge in [-0.25, -0.2) is 0 Å². The van der Waals surface area contributed by atoms with Gasteiger partial charge in [-0.3, -0.25) is 9.78 Å². The van der Waals surface area contributed by atoms with E-state index in [2.05, 4.69) is 20.9 Å². The van der Waals surface area contributed by atoms with Gasteiger partial charge in [-0.2, -0.15) is 0 Å². The Labute approximate surface area is 119 Å². The van der Waals surface area contributed by atoms with E-state index in [0.717, 1.165) is 21.1 Å². The molecule has 1 aliphatic heterocycles. The maximum atomic E-state index is 12.1. The normalized spacial score (nSPS) is 19.4. The van der Waals surface area contributed by atoms with Crippen molar-refractivity contribution in [3.05, 3.63) is 34.9 Å². The molecule has 1 atom stereocenters. The number of amides is 1. The summed E-state index contributed by atoms with van der Waals surface area (Å²) < 4.78 is 0.983. The van der Waals surface area contributed by atoms with Crippen LogP contribution in [0.5, 0.6) is 0 Å². The summed E-state index contributed by atoms with van der Waals surface area (Å²) in [6, 6.07) is 7.80. The fraction of sp³-hybridized carbons (Fsp3) is 0.286. The van der Waals surface area contributed by atoms with Gasteiger partial charge in [0.05, 0.1) is 11.2 Å². The molecule has 4 nitrogen and oxygen atoms in total. The summed E-state index contributed by atoms with van der Waals surface area (Å²) in [4.78, 5) is 18.3. The Kier molecular flexibility index (Phi) is 3.24. The van der Waals surface area contributed by atoms with E-state index in [9.17, 15) is 4.79 Å². The molecule has 5 heteroatoms. The van der Waals surface area contributed by atoms with Gasteiger partial charge in [0.1, 0.15) is 0 Å². The number of hydrogen-bond donors (Lipinski definition) is 1. The van der Waals surface area contributed by atoms with E-state index in [1.807, 2.05) is 29.2 Å². The molecule has 0 spiro atoms. The summed E-state index contributed by atoms with van der Waals surface area (Å²) in [7, 11) is 0. The number of aromatic nitrogens is 1. The Morgan fingerprint density at radius 3 is 3.00 bits per heavy atom. The third-order valence-corrected chi connectivity index (χ3v) is 4.00. The smallest absolute Gasteiger partial charge is 0.227 e. The van der Waals surface area contributed by atoms with E-state index in [1.165, 1.54) is 0 Å². The molecule has 0 radical (unpaired) electrons. The van der Waals surface area contributed by atoms with Crippen LogP contribution in [-0.2, 0) is 4.79 Å². The molecule has 2 N–H and O–H groups in total. The number of carbonyl (C=O) groups excluding carboxylic acids is 1. The van der Waals surface area contributed by atoms with E-state index >= 15 is 0 Å². The molecule has 2 heterocycles. The number of nitrogens with two attached hydrogens (primary N) is 1. The summed E-state index contributed by atoms with van der Waals surface area (Å²) in [6.45, 7) is 1.25. The predicted octanol–water partition coefficient (Wildman–Crippen LogP) is 2.31. The molecule has 1 unspecified atom stereocenters. The summed E-state index contributed by atoms with van der Waals surface area (Å²) >= 11 is 3.46. The Hall–Kier alpha value is -1.46. The Morgan fingerprint density at radius 2 is 2.26 bits per heavy atom. The van der Waals surface area contributed by atoms with Crippen LogP contribution in [0.2, 0.25) is 0 Å². The van der Waals surface area contributed by atoms with Gasteiger partial charge in [0.25, 0.3) is 0 Å². The Balaban J connectivity index is 2.10. The highest BCUT2D eigenvalue weighted by molar-refractivity contribution is 9.10. The van der Waals surface area contributed by atoms with Gasteiger partial charge in [0.2, 0.25) is 5.91 Å². The van der Waals surface area contributed by atoms with Crippen LogP contribution in [0.4, 0.5) is 5.69 Å². The van der Waals surface area contributed by atoms with Crippen LogP contribution in [-0.4, -0.2) is 24.0 Å². The number of anilines is 1. The second-order valence-corrected chi connectivity index (χ2v) is 5.72. The standard InChI is InChI=1S/C14H14BrN3O/c15-10-1-2-12-11(6-10)13(3-4-17-12)18-8-9(7-16)5-14(18)19/h1-4,6,9H,5,7-8,16H2. The van der Waals surface area contributed by atoms with Gasteiger partial charge in [-0.05, 0) is 36.7 Å². The molecule has 1 aliphatic rings. The van der Waals surface area contributed by atoms with E-state index in [0.29, 0.717) is 19.5 Å². The zero-order valence-electron chi connectivity index (χ0n) is 10.3. The van der Waals surface area contributed by atoms with Crippen LogP contribution in [0.25, 0.3) is 10.9 Å². The lowest BCUT2D eigenvalue weighted by atomic mass is 10.1. The number of hydrogen-bond acceptors (Lipinski definition) is 3. The maximum Gasteiger partial charge on any atom is 0.227 e. The van der Waals surface area contributed by atoms with Gasteiger partial charge >= 0.3 is 0 Å². The molecule has 98 valence electrons. The zero-order chi connectivity index (χ0) is 13.4. The molecule has 1 aromatic carbocycles. The fourth-order valence-corrected chi connectivity index (χ4v) is 2.87. The molecule has 19 heavy (non-hydrogen) atoms. The minimum atomic E-state index is 0.142. The molecule has 1 aromatic heterocycles.